The molecule has 0 bridgehead atoms. The normalized spacial score (nSPS) is 15.6. The molecule has 1 saturated heterocycles. The molecule has 7 nitrogen and oxygen atoms in total. The van der Waals surface area contributed by atoms with Gasteiger partial charge in [0.2, 0.25) is 11.8 Å². The Morgan fingerprint density at radius 2 is 1.94 bits per heavy atom. The van der Waals surface area contributed by atoms with E-state index in [1.165, 1.54) is 6.26 Å². The minimum absolute atomic E-state index is 0.0879. The van der Waals surface area contributed by atoms with E-state index < -0.39 is 5.92 Å². The second-order valence-electron chi connectivity index (χ2n) is 7.59. The summed E-state index contributed by atoms with van der Waals surface area (Å²) in [5.74, 6) is -0.705. The number of anilines is 2. The van der Waals surface area contributed by atoms with E-state index in [-0.39, 0.29) is 37.2 Å². The van der Waals surface area contributed by atoms with Crippen molar-refractivity contribution in [3.8, 4) is 0 Å². The Balaban J connectivity index is 1.45. The van der Waals surface area contributed by atoms with Crippen LogP contribution in [0.4, 0.5) is 11.4 Å². The fourth-order valence-corrected chi connectivity index (χ4v) is 3.87. The molecule has 164 valence electrons. The molecule has 0 spiro atoms. The Labute approximate surface area is 190 Å². The quantitative estimate of drug-likeness (QED) is 0.588. The zero-order valence-corrected chi connectivity index (χ0v) is 18.2. The summed E-state index contributed by atoms with van der Waals surface area (Å²) in [7, 11) is 0. The highest BCUT2D eigenvalue weighted by molar-refractivity contribution is 6.31. The standard InChI is InChI=1S/C24H22ClN3O4/c1-15-19(25)8-4-10-21(15)28-14-16(12-22(28)29)23(30)27-20-9-3-2-7-18(20)24(31)26-13-17-6-5-11-32-17/h2-11,16H,12-14H2,1H3,(H,26,31)(H,27,30)/t16-/m0/s1. The highest BCUT2D eigenvalue weighted by atomic mass is 35.5. The van der Waals surface area contributed by atoms with Gasteiger partial charge in [0.1, 0.15) is 5.76 Å². The van der Waals surface area contributed by atoms with E-state index in [9.17, 15) is 14.4 Å². The smallest absolute Gasteiger partial charge is 0.253 e. The van der Waals surface area contributed by atoms with Gasteiger partial charge in [0, 0.05) is 23.7 Å². The maximum Gasteiger partial charge on any atom is 0.253 e. The van der Waals surface area contributed by atoms with Crippen molar-refractivity contribution in [1.82, 2.24) is 5.32 Å². The van der Waals surface area contributed by atoms with E-state index in [0.717, 1.165) is 5.56 Å². The molecule has 3 amide bonds. The van der Waals surface area contributed by atoms with Crippen molar-refractivity contribution in [2.24, 2.45) is 5.92 Å². The first kappa shape index (κ1) is 21.6. The van der Waals surface area contributed by atoms with Crippen LogP contribution in [-0.2, 0) is 16.1 Å². The first-order valence-electron chi connectivity index (χ1n) is 10.2. The third-order valence-electron chi connectivity index (χ3n) is 5.46. The monoisotopic (exact) mass is 451 g/mol. The predicted molar refractivity (Wildman–Crippen MR) is 122 cm³/mol. The van der Waals surface area contributed by atoms with Crippen LogP contribution >= 0.6 is 11.6 Å². The van der Waals surface area contributed by atoms with Crippen molar-refractivity contribution in [2.75, 3.05) is 16.8 Å². The third kappa shape index (κ3) is 4.53. The van der Waals surface area contributed by atoms with Crippen molar-refractivity contribution < 1.29 is 18.8 Å². The van der Waals surface area contributed by atoms with Gasteiger partial charge in [0.25, 0.3) is 5.91 Å². The molecule has 1 aromatic heterocycles. The molecular weight excluding hydrogens is 430 g/mol. The van der Waals surface area contributed by atoms with Gasteiger partial charge in [-0.05, 0) is 48.9 Å². The van der Waals surface area contributed by atoms with Crippen LogP contribution in [0.1, 0.15) is 28.1 Å². The molecule has 32 heavy (non-hydrogen) atoms. The molecule has 2 heterocycles. The Bertz CT molecular complexity index is 1160. The van der Waals surface area contributed by atoms with Crippen LogP contribution < -0.4 is 15.5 Å². The lowest BCUT2D eigenvalue weighted by Crippen LogP contribution is -2.29. The van der Waals surface area contributed by atoms with Crippen LogP contribution in [0.15, 0.2) is 65.3 Å². The molecule has 1 atom stereocenters. The first-order chi connectivity index (χ1) is 15.4. The molecule has 2 N–H and O–H groups in total. The molecule has 4 rings (SSSR count). The average molecular weight is 452 g/mol. The minimum atomic E-state index is -0.542. The van der Waals surface area contributed by atoms with E-state index in [1.807, 2.05) is 13.0 Å². The zero-order chi connectivity index (χ0) is 22.7. The van der Waals surface area contributed by atoms with Gasteiger partial charge >= 0.3 is 0 Å². The lowest BCUT2D eigenvalue weighted by atomic mass is 10.1. The van der Waals surface area contributed by atoms with E-state index in [4.69, 9.17) is 16.0 Å². The molecule has 0 unspecified atom stereocenters. The Morgan fingerprint density at radius 3 is 2.72 bits per heavy atom. The lowest BCUT2D eigenvalue weighted by Gasteiger charge is -2.20. The van der Waals surface area contributed by atoms with Gasteiger partial charge in [-0.2, -0.15) is 0 Å². The molecule has 1 aliphatic heterocycles. The van der Waals surface area contributed by atoms with Crippen LogP contribution in [0.25, 0.3) is 0 Å². The molecule has 0 saturated carbocycles. The summed E-state index contributed by atoms with van der Waals surface area (Å²) >= 11 is 6.19. The van der Waals surface area contributed by atoms with Crippen LogP contribution in [0.2, 0.25) is 5.02 Å². The molecule has 3 aromatic rings. The number of furan rings is 1. The van der Waals surface area contributed by atoms with Gasteiger partial charge in [-0.3, -0.25) is 14.4 Å². The summed E-state index contributed by atoms with van der Waals surface area (Å²) in [6.45, 7) is 2.33. The maximum absolute atomic E-state index is 12.9. The lowest BCUT2D eigenvalue weighted by molar-refractivity contribution is -0.122. The number of amides is 3. The summed E-state index contributed by atoms with van der Waals surface area (Å²) in [6, 6.07) is 15.6. The van der Waals surface area contributed by atoms with E-state index in [2.05, 4.69) is 10.6 Å². The summed E-state index contributed by atoms with van der Waals surface area (Å²) in [4.78, 5) is 39.8. The summed E-state index contributed by atoms with van der Waals surface area (Å²) < 4.78 is 5.23. The number of carbonyl (C=O) groups excluding carboxylic acids is 3. The fourth-order valence-electron chi connectivity index (χ4n) is 3.71. The van der Waals surface area contributed by atoms with Crippen LogP contribution in [-0.4, -0.2) is 24.3 Å². The molecule has 1 fully saturated rings. The SMILES string of the molecule is Cc1c(Cl)cccc1N1C[C@@H](C(=O)Nc2ccccc2C(=O)NCc2ccco2)CC1=O. The van der Waals surface area contributed by atoms with Crippen molar-refractivity contribution in [1.29, 1.82) is 0 Å². The number of nitrogens with zero attached hydrogens (tertiary/aromatic N) is 1. The number of hydrogen-bond acceptors (Lipinski definition) is 4. The number of rotatable bonds is 6. The van der Waals surface area contributed by atoms with Gasteiger partial charge in [0.05, 0.1) is 30.0 Å². The molecule has 1 aliphatic rings. The van der Waals surface area contributed by atoms with Crippen LogP contribution in [0, 0.1) is 12.8 Å². The summed E-state index contributed by atoms with van der Waals surface area (Å²) in [5, 5.41) is 6.16. The molecule has 0 aliphatic carbocycles. The zero-order valence-electron chi connectivity index (χ0n) is 17.4. The number of carbonyl (C=O) groups is 3. The number of nitrogens with one attached hydrogen (secondary N) is 2. The van der Waals surface area contributed by atoms with Gasteiger partial charge in [-0.25, -0.2) is 0 Å². The third-order valence-corrected chi connectivity index (χ3v) is 5.87. The summed E-state index contributed by atoms with van der Waals surface area (Å²) in [6.07, 6.45) is 1.62. The predicted octanol–water partition coefficient (Wildman–Crippen LogP) is 4.16. The number of hydrogen-bond donors (Lipinski definition) is 2. The number of halogens is 1. The van der Waals surface area contributed by atoms with Crippen molar-refractivity contribution in [3.63, 3.8) is 0 Å². The van der Waals surface area contributed by atoms with Crippen LogP contribution in [0.3, 0.4) is 0 Å². The molecule has 0 radical (unpaired) electrons. The number of para-hydroxylation sites is 1. The van der Waals surface area contributed by atoms with Crippen molar-refractivity contribution in [2.45, 2.75) is 19.9 Å². The second-order valence-corrected chi connectivity index (χ2v) is 7.99. The Kier molecular flexibility index (Phi) is 6.28. The molecule has 8 heteroatoms. The number of benzene rings is 2. The highest BCUT2D eigenvalue weighted by Crippen LogP contribution is 2.32. The van der Waals surface area contributed by atoms with Crippen molar-refractivity contribution >= 4 is 40.7 Å². The van der Waals surface area contributed by atoms with Gasteiger partial charge < -0.3 is 20.0 Å². The largest absolute Gasteiger partial charge is 0.467 e. The topological polar surface area (TPSA) is 91.7 Å². The van der Waals surface area contributed by atoms with E-state index >= 15 is 0 Å². The molecule has 2 aromatic carbocycles. The van der Waals surface area contributed by atoms with Gasteiger partial charge in [-0.1, -0.05) is 29.8 Å². The van der Waals surface area contributed by atoms with Gasteiger partial charge in [0.15, 0.2) is 0 Å². The second kappa shape index (κ2) is 9.28. The maximum atomic E-state index is 12.9. The molecular formula is C24H22ClN3O4. The van der Waals surface area contributed by atoms with E-state index in [1.54, 1.807) is 53.4 Å². The highest BCUT2D eigenvalue weighted by Gasteiger charge is 2.36. The van der Waals surface area contributed by atoms with Crippen LogP contribution in [0.5, 0.6) is 0 Å². The Morgan fingerprint density at radius 1 is 1.12 bits per heavy atom. The van der Waals surface area contributed by atoms with Gasteiger partial charge in [-0.15, -0.1) is 0 Å². The Hall–Kier alpha value is -3.58. The van der Waals surface area contributed by atoms with Crippen molar-refractivity contribution in [3.05, 3.63) is 82.8 Å². The fraction of sp³-hybridized carbons (Fsp3) is 0.208. The summed E-state index contributed by atoms with van der Waals surface area (Å²) in [5.41, 5.74) is 2.22. The average Bonchev–Trinajstić information content (AvgIpc) is 3.44. The minimum Gasteiger partial charge on any atom is -0.467 e. The first-order valence-corrected chi connectivity index (χ1v) is 10.6. The van der Waals surface area contributed by atoms with E-state index in [0.29, 0.717) is 27.7 Å².